The lowest BCUT2D eigenvalue weighted by Gasteiger charge is -2.34. The average Bonchev–Trinajstić information content (AvgIpc) is 3.17. The van der Waals surface area contributed by atoms with Crippen molar-refractivity contribution in [1.82, 2.24) is 10.2 Å². The molecular weight excluding hydrogens is 404 g/mol. The number of amides is 1. The quantitative estimate of drug-likeness (QED) is 0.741. The number of benzene rings is 1. The first kappa shape index (κ1) is 18.4. The van der Waals surface area contributed by atoms with Crippen molar-refractivity contribution in [2.75, 3.05) is 39.5 Å². The predicted molar refractivity (Wildman–Crippen MR) is 102 cm³/mol. The minimum Gasteiger partial charge on any atom is -0.484 e. The summed E-state index contributed by atoms with van der Waals surface area (Å²) >= 11 is 5.09. The molecule has 1 aromatic carbocycles. The van der Waals surface area contributed by atoms with Crippen LogP contribution in [0.3, 0.4) is 0 Å². The summed E-state index contributed by atoms with van der Waals surface area (Å²) in [5, 5.41) is 5.07. The molecule has 0 aliphatic carbocycles. The molecule has 134 valence electrons. The number of ether oxygens (including phenoxy) is 2. The molecule has 0 radical (unpaired) electrons. The summed E-state index contributed by atoms with van der Waals surface area (Å²) in [4.78, 5) is 15.8. The maximum Gasteiger partial charge on any atom is 0.258 e. The van der Waals surface area contributed by atoms with Crippen LogP contribution in [0.2, 0.25) is 0 Å². The van der Waals surface area contributed by atoms with E-state index in [0.29, 0.717) is 12.3 Å². The van der Waals surface area contributed by atoms with Gasteiger partial charge >= 0.3 is 0 Å². The van der Waals surface area contributed by atoms with Crippen molar-refractivity contribution in [1.29, 1.82) is 0 Å². The van der Waals surface area contributed by atoms with Gasteiger partial charge in [-0.05, 0) is 35.7 Å². The maximum atomic E-state index is 12.2. The van der Waals surface area contributed by atoms with Crippen molar-refractivity contribution < 1.29 is 14.3 Å². The number of carbonyl (C=O) groups is 1. The second-order valence-electron chi connectivity index (χ2n) is 5.73. The summed E-state index contributed by atoms with van der Waals surface area (Å²) in [5.41, 5.74) is 0. The smallest absolute Gasteiger partial charge is 0.258 e. The van der Waals surface area contributed by atoms with E-state index in [0.717, 1.165) is 30.8 Å². The third kappa shape index (κ3) is 5.54. The molecule has 0 bridgehead atoms. The van der Waals surface area contributed by atoms with Gasteiger partial charge in [-0.1, -0.05) is 22.0 Å². The van der Waals surface area contributed by atoms with E-state index in [-0.39, 0.29) is 18.6 Å². The van der Waals surface area contributed by atoms with Gasteiger partial charge in [0.2, 0.25) is 0 Å². The SMILES string of the molecule is O=C(COc1ccc(Br)cc1)NC[C@@H](c1cccs1)N1CCOCC1. The van der Waals surface area contributed by atoms with E-state index in [2.05, 4.69) is 37.6 Å². The van der Waals surface area contributed by atoms with Gasteiger partial charge in [0, 0.05) is 29.0 Å². The fourth-order valence-corrected chi connectivity index (χ4v) is 3.85. The van der Waals surface area contributed by atoms with Crippen molar-refractivity contribution >= 4 is 33.2 Å². The molecule has 1 amide bonds. The summed E-state index contributed by atoms with van der Waals surface area (Å²) in [6.45, 7) is 3.83. The topological polar surface area (TPSA) is 50.8 Å². The first-order valence-electron chi connectivity index (χ1n) is 8.22. The zero-order valence-corrected chi connectivity index (χ0v) is 16.2. The van der Waals surface area contributed by atoms with Crippen LogP contribution in [-0.4, -0.2) is 50.3 Å². The maximum absolute atomic E-state index is 12.2. The Labute approximate surface area is 160 Å². The van der Waals surface area contributed by atoms with Crippen LogP contribution in [-0.2, 0) is 9.53 Å². The van der Waals surface area contributed by atoms with Gasteiger partial charge in [-0.15, -0.1) is 11.3 Å². The lowest BCUT2D eigenvalue weighted by molar-refractivity contribution is -0.123. The van der Waals surface area contributed by atoms with Gasteiger partial charge in [-0.3, -0.25) is 9.69 Å². The molecule has 0 spiro atoms. The number of halogens is 1. The van der Waals surface area contributed by atoms with Crippen LogP contribution in [0.1, 0.15) is 10.9 Å². The Balaban J connectivity index is 1.51. The normalized spacial score (nSPS) is 16.4. The Morgan fingerprint density at radius 2 is 2.04 bits per heavy atom. The van der Waals surface area contributed by atoms with Crippen LogP contribution < -0.4 is 10.1 Å². The molecule has 5 nitrogen and oxygen atoms in total. The molecule has 0 unspecified atom stereocenters. The highest BCUT2D eigenvalue weighted by molar-refractivity contribution is 9.10. The minimum absolute atomic E-state index is 0.0158. The number of hydrogen-bond donors (Lipinski definition) is 1. The molecule has 2 heterocycles. The molecule has 1 saturated heterocycles. The van der Waals surface area contributed by atoms with Gasteiger partial charge in [0.1, 0.15) is 5.75 Å². The standard InChI is InChI=1S/C18H21BrN2O3S/c19-14-3-5-15(6-4-14)24-13-18(22)20-12-16(17-2-1-11-25-17)21-7-9-23-10-8-21/h1-6,11,16H,7-10,12-13H2,(H,20,22)/t16-/m0/s1. The Bertz CT molecular complexity index is 657. The van der Waals surface area contributed by atoms with Gasteiger partial charge in [-0.2, -0.15) is 0 Å². The summed E-state index contributed by atoms with van der Waals surface area (Å²) < 4.78 is 11.9. The van der Waals surface area contributed by atoms with E-state index in [4.69, 9.17) is 9.47 Å². The van der Waals surface area contributed by atoms with Gasteiger partial charge in [0.05, 0.1) is 19.3 Å². The van der Waals surface area contributed by atoms with Crippen LogP contribution in [0.4, 0.5) is 0 Å². The number of rotatable bonds is 7. The van der Waals surface area contributed by atoms with Crippen LogP contribution >= 0.6 is 27.3 Å². The van der Waals surface area contributed by atoms with E-state index in [1.165, 1.54) is 4.88 Å². The number of nitrogens with one attached hydrogen (secondary N) is 1. The first-order chi connectivity index (χ1) is 12.2. The van der Waals surface area contributed by atoms with E-state index >= 15 is 0 Å². The molecule has 1 aromatic heterocycles. The lowest BCUT2D eigenvalue weighted by atomic mass is 10.2. The zero-order valence-electron chi connectivity index (χ0n) is 13.8. The van der Waals surface area contributed by atoms with Gasteiger partial charge in [-0.25, -0.2) is 0 Å². The predicted octanol–water partition coefficient (Wildman–Crippen LogP) is 3.08. The van der Waals surface area contributed by atoms with E-state index in [9.17, 15) is 4.79 Å². The lowest BCUT2D eigenvalue weighted by Crippen LogP contribution is -2.44. The number of hydrogen-bond acceptors (Lipinski definition) is 5. The number of thiophene rings is 1. The van der Waals surface area contributed by atoms with Crippen molar-refractivity contribution in [3.8, 4) is 5.75 Å². The van der Waals surface area contributed by atoms with Crippen molar-refractivity contribution in [3.05, 3.63) is 51.1 Å². The number of nitrogens with zero attached hydrogens (tertiary/aromatic N) is 1. The van der Waals surface area contributed by atoms with Crippen molar-refractivity contribution in [3.63, 3.8) is 0 Å². The van der Waals surface area contributed by atoms with Crippen molar-refractivity contribution in [2.24, 2.45) is 0 Å². The fraction of sp³-hybridized carbons (Fsp3) is 0.389. The van der Waals surface area contributed by atoms with Gasteiger partial charge < -0.3 is 14.8 Å². The van der Waals surface area contributed by atoms with Crippen molar-refractivity contribution in [2.45, 2.75) is 6.04 Å². The zero-order chi connectivity index (χ0) is 17.5. The highest BCUT2D eigenvalue weighted by atomic mass is 79.9. The summed E-state index contributed by atoms with van der Waals surface area (Å²) in [7, 11) is 0. The van der Waals surface area contributed by atoms with Crippen LogP contribution in [0, 0.1) is 0 Å². The molecule has 1 aliphatic heterocycles. The molecule has 0 saturated carbocycles. The third-order valence-corrected chi connectivity index (χ3v) is 5.54. The van der Waals surface area contributed by atoms with Crippen LogP contribution in [0.5, 0.6) is 5.75 Å². The van der Waals surface area contributed by atoms with Crippen LogP contribution in [0.25, 0.3) is 0 Å². The molecular formula is C18H21BrN2O3S. The van der Waals surface area contributed by atoms with E-state index < -0.39 is 0 Å². The second kappa shape index (κ2) is 9.33. The number of carbonyl (C=O) groups excluding carboxylic acids is 1. The highest BCUT2D eigenvalue weighted by Gasteiger charge is 2.23. The molecule has 1 aliphatic rings. The van der Waals surface area contributed by atoms with Gasteiger partial charge in [0.15, 0.2) is 6.61 Å². The molecule has 2 aromatic rings. The molecule has 1 atom stereocenters. The minimum atomic E-state index is -0.113. The first-order valence-corrected chi connectivity index (χ1v) is 9.90. The Hall–Kier alpha value is -1.41. The van der Waals surface area contributed by atoms with E-state index in [1.54, 1.807) is 11.3 Å². The summed E-state index contributed by atoms with van der Waals surface area (Å²) in [6, 6.07) is 11.8. The Morgan fingerprint density at radius 3 is 2.72 bits per heavy atom. The Morgan fingerprint density at radius 1 is 1.28 bits per heavy atom. The monoisotopic (exact) mass is 424 g/mol. The Kier molecular flexibility index (Phi) is 6.86. The van der Waals surface area contributed by atoms with Crippen LogP contribution in [0.15, 0.2) is 46.3 Å². The summed E-state index contributed by atoms with van der Waals surface area (Å²) in [5.74, 6) is 0.569. The molecule has 7 heteroatoms. The molecule has 1 fully saturated rings. The molecule has 25 heavy (non-hydrogen) atoms. The fourth-order valence-electron chi connectivity index (χ4n) is 2.72. The second-order valence-corrected chi connectivity index (χ2v) is 7.62. The molecule has 3 rings (SSSR count). The summed E-state index contributed by atoms with van der Waals surface area (Å²) in [6.07, 6.45) is 0. The average molecular weight is 425 g/mol. The number of morpholine rings is 1. The third-order valence-electron chi connectivity index (χ3n) is 4.03. The van der Waals surface area contributed by atoms with E-state index in [1.807, 2.05) is 30.3 Å². The highest BCUT2D eigenvalue weighted by Crippen LogP contribution is 2.25. The van der Waals surface area contributed by atoms with Gasteiger partial charge in [0.25, 0.3) is 5.91 Å². The molecule has 1 N–H and O–H groups in total. The largest absolute Gasteiger partial charge is 0.484 e.